The van der Waals surface area contributed by atoms with E-state index in [1.54, 1.807) is 0 Å². The van der Waals surface area contributed by atoms with Crippen molar-refractivity contribution >= 4 is 49.5 Å². The lowest BCUT2D eigenvalue weighted by molar-refractivity contribution is -0.115. The van der Waals surface area contributed by atoms with Crippen molar-refractivity contribution in [3.05, 3.63) is 59.7 Å². The van der Waals surface area contributed by atoms with E-state index in [9.17, 15) is 4.79 Å². The molecule has 3 aliphatic heterocycles. The van der Waals surface area contributed by atoms with Gasteiger partial charge in [0.2, 0.25) is 0 Å². The molecule has 2 unspecified atom stereocenters. The van der Waals surface area contributed by atoms with E-state index in [1.807, 2.05) is 0 Å². The van der Waals surface area contributed by atoms with Gasteiger partial charge in [0, 0.05) is 28.1 Å². The van der Waals surface area contributed by atoms with Gasteiger partial charge < -0.3 is 19.2 Å². The Hall–Kier alpha value is -3.31. The molecule has 1 fully saturated rings. The van der Waals surface area contributed by atoms with E-state index in [0.717, 1.165) is 52.2 Å². The molecule has 3 aliphatic rings. The lowest BCUT2D eigenvalue weighted by Gasteiger charge is -2.31. The number of nitrogens with zero attached hydrogens (tertiary/aromatic N) is 2. The standard InChI is InChI=1S/C25H19N3O2/c29-25-22-15(12-26-25)20-13-6-1-3-8-16(13)27-18-10-5-11-19(30-18)28-17-9-4-2-7-14(17)21(22)24(28)23(20)27/h1-4,6-9,18-19H,5,10-12H2,(H,26,29). The van der Waals surface area contributed by atoms with Gasteiger partial charge >= 0.3 is 0 Å². The molecule has 2 atom stereocenters. The Labute approximate surface area is 171 Å². The number of ether oxygens (including phenoxy) is 1. The first kappa shape index (κ1) is 15.5. The summed E-state index contributed by atoms with van der Waals surface area (Å²) in [6.07, 6.45) is 3.17. The van der Waals surface area contributed by atoms with Crippen LogP contribution in [-0.4, -0.2) is 15.0 Å². The topological polar surface area (TPSA) is 48.2 Å². The van der Waals surface area contributed by atoms with Gasteiger partial charge in [-0.2, -0.15) is 0 Å². The SMILES string of the molecule is O=C1NCc2c1c1c3ccccc3n3c1c1c2c2ccccc2n1C1CCCC3O1. The molecule has 5 aromatic rings. The molecular weight excluding hydrogens is 374 g/mol. The van der Waals surface area contributed by atoms with E-state index in [1.165, 1.54) is 21.8 Å². The van der Waals surface area contributed by atoms with Gasteiger partial charge in [0.1, 0.15) is 12.5 Å². The summed E-state index contributed by atoms with van der Waals surface area (Å²) in [7, 11) is 0. The summed E-state index contributed by atoms with van der Waals surface area (Å²) in [5, 5.41) is 7.78. The van der Waals surface area contributed by atoms with Crippen molar-refractivity contribution in [1.29, 1.82) is 0 Å². The molecule has 1 amide bonds. The van der Waals surface area contributed by atoms with E-state index >= 15 is 0 Å². The number of rotatable bonds is 0. The second-order valence-corrected chi connectivity index (χ2v) is 8.73. The Morgan fingerprint density at radius 1 is 0.833 bits per heavy atom. The quantitative estimate of drug-likeness (QED) is 0.385. The highest BCUT2D eigenvalue weighted by Crippen LogP contribution is 2.51. The molecule has 5 heteroatoms. The Morgan fingerprint density at radius 3 is 2.13 bits per heavy atom. The van der Waals surface area contributed by atoms with Crippen molar-refractivity contribution < 1.29 is 9.53 Å². The Kier molecular flexibility index (Phi) is 2.61. The number of hydrogen-bond acceptors (Lipinski definition) is 2. The molecular formula is C25H19N3O2. The van der Waals surface area contributed by atoms with Crippen molar-refractivity contribution in [2.75, 3.05) is 0 Å². The van der Waals surface area contributed by atoms with Gasteiger partial charge in [0.15, 0.2) is 0 Å². The normalized spacial score (nSPS) is 22.3. The summed E-state index contributed by atoms with van der Waals surface area (Å²) in [5.74, 6) is 0.0415. The fourth-order valence-corrected chi connectivity index (χ4v) is 6.27. The second-order valence-electron chi connectivity index (χ2n) is 8.73. The van der Waals surface area contributed by atoms with Crippen LogP contribution in [-0.2, 0) is 11.3 Å². The fourth-order valence-electron chi connectivity index (χ4n) is 6.27. The van der Waals surface area contributed by atoms with Gasteiger partial charge in [-0.05, 0) is 37.0 Å². The van der Waals surface area contributed by atoms with Crippen LogP contribution in [0.4, 0.5) is 0 Å². The van der Waals surface area contributed by atoms with Crippen LogP contribution in [0.15, 0.2) is 48.5 Å². The molecule has 0 radical (unpaired) electrons. The van der Waals surface area contributed by atoms with Crippen molar-refractivity contribution in [1.82, 2.24) is 14.5 Å². The Bertz CT molecular complexity index is 1590. The van der Waals surface area contributed by atoms with Gasteiger partial charge in [-0.25, -0.2) is 0 Å². The van der Waals surface area contributed by atoms with E-state index in [0.29, 0.717) is 6.54 Å². The van der Waals surface area contributed by atoms with Crippen LogP contribution in [0.1, 0.15) is 47.6 Å². The highest BCUT2D eigenvalue weighted by Gasteiger charge is 2.38. The number of nitrogens with one attached hydrogen (secondary N) is 1. The molecule has 2 aromatic heterocycles. The summed E-state index contributed by atoms with van der Waals surface area (Å²) in [4.78, 5) is 13.1. The number of aromatic nitrogens is 2. The zero-order valence-corrected chi connectivity index (χ0v) is 16.3. The van der Waals surface area contributed by atoms with Crippen LogP contribution >= 0.6 is 0 Å². The number of para-hydroxylation sites is 2. The number of amides is 1. The lowest BCUT2D eigenvalue weighted by Crippen LogP contribution is -2.22. The van der Waals surface area contributed by atoms with E-state index < -0.39 is 0 Å². The van der Waals surface area contributed by atoms with Gasteiger partial charge in [0.25, 0.3) is 5.91 Å². The summed E-state index contributed by atoms with van der Waals surface area (Å²) in [6.45, 7) is 0.586. The van der Waals surface area contributed by atoms with Crippen LogP contribution in [0.5, 0.6) is 0 Å². The van der Waals surface area contributed by atoms with Gasteiger partial charge in [-0.15, -0.1) is 0 Å². The maximum atomic E-state index is 13.1. The molecule has 2 bridgehead atoms. The monoisotopic (exact) mass is 393 g/mol. The molecule has 5 nitrogen and oxygen atoms in total. The summed E-state index contributed by atoms with van der Waals surface area (Å²) in [6, 6.07) is 17.1. The molecule has 0 aliphatic carbocycles. The average molecular weight is 393 g/mol. The Balaban J connectivity index is 1.79. The first-order valence-electron chi connectivity index (χ1n) is 10.8. The summed E-state index contributed by atoms with van der Waals surface area (Å²) in [5.41, 5.74) is 6.74. The molecule has 146 valence electrons. The largest absolute Gasteiger partial charge is 0.348 e. The van der Waals surface area contributed by atoms with Crippen molar-refractivity contribution in [3.8, 4) is 0 Å². The molecule has 3 aromatic carbocycles. The van der Waals surface area contributed by atoms with Crippen molar-refractivity contribution in [3.63, 3.8) is 0 Å². The zero-order chi connectivity index (χ0) is 19.6. The second kappa shape index (κ2) is 5.05. The number of hydrogen-bond donors (Lipinski definition) is 1. The third-order valence-corrected chi connectivity index (χ3v) is 7.34. The van der Waals surface area contributed by atoms with Crippen LogP contribution < -0.4 is 5.32 Å². The molecule has 1 N–H and O–H groups in total. The number of benzene rings is 3. The smallest absolute Gasteiger partial charge is 0.252 e. The van der Waals surface area contributed by atoms with E-state index in [4.69, 9.17) is 4.74 Å². The molecule has 0 saturated carbocycles. The summed E-state index contributed by atoms with van der Waals surface area (Å²) < 4.78 is 11.5. The molecule has 5 heterocycles. The third kappa shape index (κ3) is 1.58. The molecule has 0 spiro atoms. The first-order chi connectivity index (χ1) is 14.8. The van der Waals surface area contributed by atoms with E-state index in [-0.39, 0.29) is 18.4 Å². The minimum atomic E-state index is -0.00414. The van der Waals surface area contributed by atoms with Gasteiger partial charge in [-0.3, -0.25) is 4.79 Å². The third-order valence-electron chi connectivity index (χ3n) is 7.34. The van der Waals surface area contributed by atoms with Crippen LogP contribution in [0.2, 0.25) is 0 Å². The summed E-state index contributed by atoms with van der Waals surface area (Å²) >= 11 is 0. The Morgan fingerprint density at radius 2 is 1.43 bits per heavy atom. The predicted molar refractivity (Wildman–Crippen MR) is 117 cm³/mol. The van der Waals surface area contributed by atoms with Crippen LogP contribution in [0.3, 0.4) is 0 Å². The maximum Gasteiger partial charge on any atom is 0.252 e. The first-order valence-corrected chi connectivity index (χ1v) is 10.8. The number of carbonyl (C=O) groups is 1. The average Bonchev–Trinajstić information content (AvgIpc) is 3.41. The highest BCUT2D eigenvalue weighted by molar-refractivity contribution is 6.30. The minimum absolute atomic E-state index is 0.00414. The maximum absolute atomic E-state index is 13.1. The molecule has 1 saturated heterocycles. The number of carbonyl (C=O) groups excluding carboxylic acids is 1. The molecule has 30 heavy (non-hydrogen) atoms. The van der Waals surface area contributed by atoms with Gasteiger partial charge in [-0.1, -0.05) is 36.4 Å². The zero-order valence-electron chi connectivity index (χ0n) is 16.3. The lowest BCUT2D eigenvalue weighted by atomic mass is 9.97. The fraction of sp³-hybridized carbons (Fsp3) is 0.240. The molecule has 8 rings (SSSR count). The van der Waals surface area contributed by atoms with Crippen LogP contribution in [0, 0.1) is 0 Å². The predicted octanol–water partition coefficient (Wildman–Crippen LogP) is 5.36. The van der Waals surface area contributed by atoms with E-state index in [2.05, 4.69) is 63.0 Å². The van der Waals surface area contributed by atoms with Crippen molar-refractivity contribution in [2.45, 2.75) is 38.3 Å². The highest BCUT2D eigenvalue weighted by atomic mass is 16.5. The van der Waals surface area contributed by atoms with Crippen LogP contribution in [0.25, 0.3) is 43.6 Å². The van der Waals surface area contributed by atoms with Crippen molar-refractivity contribution in [2.24, 2.45) is 0 Å². The minimum Gasteiger partial charge on any atom is -0.348 e. The number of fused-ring (bicyclic) bond motifs is 13. The van der Waals surface area contributed by atoms with Gasteiger partial charge in [0.05, 0.1) is 27.6 Å².